The van der Waals surface area contributed by atoms with Gasteiger partial charge in [0.2, 0.25) is 0 Å². The van der Waals surface area contributed by atoms with Crippen LogP contribution in [0.3, 0.4) is 0 Å². The van der Waals surface area contributed by atoms with Crippen LogP contribution in [-0.2, 0) is 19.4 Å². The second-order valence-electron chi connectivity index (χ2n) is 8.79. The highest BCUT2D eigenvalue weighted by atomic mass is 17.2. The van der Waals surface area contributed by atoms with Crippen molar-refractivity contribution >= 4 is 17.7 Å². The maximum absolute atomic E-state index is 12.6. The van der Waals surface area contributed by atoms with Crippen LogP contribution in [0.5, 0.6) is 11.5 Å². The van der Waals surface area contributed by atoms with Gasteiger partial charge in [-0.15, -0.1) is 0 Å². The van der Waals surface area contributed by atoms with E-state index in [0.29, 0.717) is 22.6 Å². The van der Waals surface area contributed by atoms with Gasteiger partial charge in [-0.25, -0.2) is 19.4 Å². The maximum Gasteiger partial charge on any atom is 0.360 e. The Hall–Kier alpha value is -3.35. The van der Waals surface area contributed by atoms with Crippen molar-refractivity contribution in [1.82, 2.24) is 0 Å². The highest BCUT2D eigenvalue weighted by Crippen LogP contribution is 2.21. The highest BCUT2D eigenvalue weighted by Gasteiger charge is 2.25. The first-order chi connectivity index (χ1) is 13.9. The summed E-state index contributed by atoms with van der Waals surface area (Å²) in [5.41, 5.74) is -0.511. The molecule has 0 bridgehead atoms. The number of carbonyl (C=O) groups excluding carboxylic acids is 3. The van der Waals surface area contributed by atoms with Crippen LogP contribution in [0.25, 0.3) is 0 Å². The summed E-state index contributed by atoms with van der Waals surface area (Å²) in [6.45, 7) is 10.3. The normalized spacial score (nSPS) is 11.4. The standard InChI is InChI=1S/C23H26O7/c1-22(2,3)20(25)29-27-17-11-7-15(8-12-17)19(24)16-9-13-18(14-10-16)28-30-21(26)23(4,5)6/h7-14H,1-6H3. The minimum Gasteiger partial charge on any atom is -0.289 e. The summed E-state index contributed by atoms with van der Waals surface area (Å²) in [6.07, 6.45) is 0. The van der Waals surface area contributed by atoms with Gasteiger partial charge in [-0.1, -0.05) is 0 Å². The van der Waals surface area contributed by atoms with Crippen molar-refractivity contribution < 1.29 is 33.9 Å². The maximum atomic E-state index is 12.6. The van der Waals surface area contributed by atoms with E-state index in [-0.39, 0.29) is 5.78 Å². The molecule has 2 aromatic rings. The van der Waals surface area contributed by atoms with Gasteiger partial charge in [0, 0.05) is 11.1 Å². The molecule has 7 nitrogen and oxygen atoms in total. The molecule has 2 rings (SSSR count). The molecule has 0 saturated heterocycles. The van der Waals surface area contributed by atoms with Gasteiger partial charge >= 0.3 is 11.9 Å². The largest absolute Gasteiger partial charge is 0.360 e. The molecule has 2 aromatic carbocycles. The van der Waals surface area contributed by atoms with Gasteiger partial charge in [-0.3, -0.25) is 14.6 Å². The zero-order valence-corrected chi connectivity index (χ0v) is 18.0. The summed E-state index contributed by atoms with van der Waals surface area (Å²) < 4.78 is 0. The predicted molar refractivity (Wildman–Crippen MR) is 109 cm³/mol. The van der Waals surface area contributed by atoms with Crippen molar-refractivity contribution in [2.45, 2.75) is 41.5 Å². The molecule has 7 heteroatoms. The molecule has 0 amide bonds. The fourth-order valence-corrected chi connectivity index (χ4v) is 1.91. The number of rotatable bonds is 6. The zero-order valence-electron chi connectivity index (χ0n) is 18.0. The lowest BCUT2D eigenvalue weighted by Gasteiger charge is -2.15. The van der Waals surface area contributed by atoms with E-state index in [0.717, 1.165) is 0 Å². The Bertz CT molecular complexity index is 823. The SMILES string of the molecule is CC(C)(C)C(=O)OOc1ccc(C(=O)c2ccc(OOC(=O)C(C)(C)C)cc2)cc1. The molecule has 0 atom stereocenters. The molecule has 0 aliphatic carbocycles. The lowest BCUT2D eigenvalue weighted by Crippen LogP contribution is -2.24. The van der Waals surface area contributed by atoms with Crippen LogP contribution in [-0.4, -0.2) is 17.7 Å². The lowest BCUT2D eigenvalue weighted by molar-refractivity contribution is -0.223. The van der Waals surface area contributed by atoms with Crippen LogP contribution in [0.4, 0.5) is 0 Å². The van der Waals surface area contributed by atoms with E-state index in [9.17, 15) is 14.4 Å². The van der Waals surface area contributed by atoms with Gasteiger partial charge in [0.25, 0.3) is 0 Å². The molecular formula is C23H26O7. The Labute approximate surface area is 175 Å². The first-order valence-corrected chi connectivity index (χ1v) is 9.40. The Balaban J connectivity index is 1.96. The van der Waals surface area contributed by atoms with E-state index in [2.05, 4.69) is 0 Å². The Morgan fingerprint density at radius 2 is 0.867 bits per heavy atom. The van der Waals surface area contributed by atoms with Crippen LogP contribution in [0.15, 0.2) is 48.5 Å². The van der Waals surface area contributed by atoms with E-state index in [1.54, 1.807) is 65.8 Å². The van der Waals surface area contributed by atoms with E-state index in [4.69, 9.17) is 19.6 Å². The topological polar surface area (TPSA) is 88.1 Å². The van der Waals surface area contributed by atoms with E-state index < -0.39 is 22.8 Å². The Kier molecular flexibility index (Phi) is 6.87. The fraction of sp³-hybridized carbons (Fsp3) is 0.348. The molecule has 30 heavy (non-hydrogen) atoms. The Morgan fingerprint density at radius 3 is 1.13 bits per heavy atom. The first kappa shape index (κ1) is 22.9. The number of hydrogen-bond acceptors (Lipinski definition) is 7. The molecule has 0 saturated carbocycles. The van der Waals surface area contributed by atoms with Crippen molar-refractivity contribution in [2.75, 3.05) is 0 Å². The van der Waals surface area contributed by atoms with Crippen LogP contribution in [0.2, 0.25) is 0 Å². The van der Waals surface area contributed by atoms with Gasteiger partial charge in [0.05, 0.1) is 10.8 Å². The van der Waals surface area contributed by atoms with Crippen LogP contribution in [0.1, 0.15) is 57.5 Å². The molecule has 0 aliphatic heterocycles. The van der Waals surface area contributed by atoms with Crippen LogP contribution < -0.4 is 9.78 Å². The van der Waals surface area contributed by atoms with Crippen molar-refractivity contribution in [3.8, 4) is 11.5 Å². The summed E-state index contributed by atoms with van der Waals surface area (Å²) in [5.74, 6) is -0.620. The minimum absolute atomic E-state index is 0.216. The Morgan fingerprint density at radius 1 is 0.567 bits per heavy atom. The fourth-order valence-electron chi connectivity index (χ4n) is 1.91. The van der Waals surface area contributed by atoms with Gasteiger partial charge in [0.1, 0.15) is 0 Å². The third kappa shape index (κ3) is 6.34. The molecule has 0 radical (unpaired) electrons. The van der Waals surface area contributed by atoms with E-state index >= 15 is 0 Å². The predicted octanol–water partition coefficient (Wildman–Crippen LogP) is 4.68. The molecule has 0 unspecified atom stereocenters. The third-order valence-electron chi connectivity index (χ3n) is 3.88. The molecule has 160 valence electrons. The van der Waals surface area contributed by atoms with Crippen molar-refractivity contribution in [3.05, 3.63) is 59.7 Å². The van der Waals surface area contributed by atoms with E-state index in [1.165, 1.54) is 24.3 Å². The zero-order chi connectivity index (χ0) is 22.5. The molecule has 0 N–H and O–H groups in total. The van der Waals surface area contributed by atoms with Gasteiger partial charge < -0.3 is 0 Å². The van der Waals surface area contributed by atoms with Crippen molar-refractivity contribution in [1.29, 1.82) is 0 Å². The lowest BCUT2D eigenvalue weighted by atomic mass is 9.98. The molecule has 0 spiro atoms. The number of benzene rings is 2. The minimum atomic E-state index is -0.684. The molecule has 0 aromatic heterocycles. The second kappa shape index (κ2) is 8.98. The van der Waals surface area contributed by atoms with Crippen molar-refractivity contribution in [3.63, 3.8) is 0 Å². The summed E-state index contributed by atoms with van der Waals surface area (Å²) in [5, 5.41) is 0. The molecular weight excluding hydrogens is 388 g/mol. The molecule has 0 heterocycles. The van der Waals surface area contributed by atoms with Crippen molar-refractivity contribution in [2.24, 2.45) is 10.8 Å². The average Bonchev–Trinajstić information content (AvgIpc) is 2.69. The number of ketones is 1. The molecule has 0 aliphatic rings. The highest BCUT2D eigenvalue weighted by molar-refractivity contribution is 6.09. The van der Waals surface area contributed by atoms with Gasteiger partial charge in [-0.05, 0) is 90.1 Å². The third-order valence-corrected chi connectivity index (χ3v) is 3.88. The summed E-state index contributed by atoms with van der Waals surface area (Å²) in [6, 6.07) is 12.4. The smallest absolute Gasteiger partial charge is 0.289 e. The monoisotopic (exact) mass is 414 g/mol. The molecule has 0 fully saturated rings. The number of hydrogen-bond donors (Lipinski definition) is 0. The number of carbonyl (C=O) groups is 3. The van der Waals surface area contributed by atoms with E-state index in [1.807, 2.05) is 0 Å². The first-order valence-electron chi connectivity index (χ1n) is 9.40. The quantitative estimate of drug-likeness (QED) is 0.385. The average molecular weight is 414 g/mol. The van der Waals surface area contributed by atoms with Crippen LogP contribution >= 0.6 is 0 Å². The summed E-state index contributed by atoms with van der Waals surface area (Å²) in [4.78, 5) is 55.6. The summed E-state index contributed by atoms with van der Waals surface area (Å²) >= 11 is 0. The van der Waals surface area contributed by atoms with Gasteiger partial charge in [-0.2, -0.15) is 0 Å². The summed E-state index contributed by atoms with van der Waals surface area (Å²) in [7, 11) is 0. The second-order valence-corrected chi connectivity index (χ2v) is 8.79. The van der Waals surface area contributed by atoms with Gasteiger partial charge in [0.15, 0.2) is 17.3 Å². The van der Waals surface area contributed by atoms with Crippen LogP contribution in [0, 0.1) is 10.8 Å².